The van der Waals surface area contributed by atoms with Gasteiger partial charge in [0.05, 0.1) is 10.8 Å². The van der Waals surface area contributed by atoms with Crippen molar-refractivity contribution in [1.82, 2.24) is 0 Å². The number of halogens is 2. The number of benzene rings is 1. The molecule has 0 N–H and O–H groups in total. The summed E-state index contributed by atoms with van der Waals surface area (Å²) in [4.78, 5) is 0. The second-order valence-corrected chi connectivity index (χ2v) is 6.11. The Kier molecular flexibility index (Phi) is 2.70. The second kappa shape index (κ2) is 3.73. The van der Waals surface area contributed by atoms with E-state index in [2.05, 4.69) is 0 Å². The minimum absolute atomic E-state index is 0.0894. The van der Waals surface area contributed by atoms with E-state index in [4.69, 9.17) is 31.8 Å². The van der Waals surface area contributed by atoms with Gasteiger partial charge in [-0.15, -0.1) is 0 Å². The van der Waals surface area contributed by atoms with Crippen LogP contribution in [0.3, 0.4) is 0 Å². The number of ether oxygens (including phenoxy) is 2. The monoisotopic (exact) mass is 268 g/mol. The molecule has 0 atom stereocenters. The molecule has 0 spiro atoms. The molecule has 0 saturated carbocycles. The van der Waals surface area contributed by atoms with Crippen LogP contribution in [0.25, 0.3) is 0 Å². The standard InChI is InChI=1S/C8H6Cl2O4S/c9-7-5(3-15(10,11)12)1-2-6-8(7)14-4-13-6/h1-2H,3-4H2. The van der Waals surface area contributed by atoms with E-state index >= 15 is 0 Å². The molecule has 0 radical (unpaired) electrons. The Bertz CT molecular complexity index is 498. The maximum absolute atomic E-state index is 10.9. The minimum Gasteiger partial charge on any atom is -0.454 e. The van der Waals surface area contributed by atoms with Crippen molar-refractivity contribution in [3.05, 3.63) is 22.7 Å². The maximum Gasteiger partial charge on any atom is 0.236 e. The van der Waals surface area contributed by atoms with Crippen LogP contribution in [-0.2, 0) is 14.8 Å². The maximum atomic E-state index is 10.9. The topological polar surface area (TPSA) is 52.6 Å². The first kappa shape index (κ1) is 10.9. The van der Waals surface area contributed by atoms with Crippen LogP contribution < -0.4 is 9.47 Å². The van der Waals surface area contributed by atoms with Gasteiger partial charge in [0.15, 0.2) is 11.5 Å². The Morgan fingerprint density at radius 2 is 2.07 bits per heavy atom. The van der Waals surface area contributed by atoms with Crippen molar-refractivity contribution in [2.75, 3.05) is 6.79 Å². The summed E-state index contributed by atoms with van der Waals surface area (Å²) in [6, 6.07) is 3.15. The van der Waals surface area contributed by atoms with Gasteiger partial charge in [0.2, 0.25) is 15.8 Å². The lowest BCUT2D eigenvalue weighted by Gasteiger charge is -2.04. The van der Waals surface area contributed by atoms with Crippen LogP contribution in [0.15, 0.2) is 12.1 Å². The summed E-state index contributed by atoms with van der Waals surface area (Å²) in [7, 11) is 1.51. The molecule has 0 fully saturated rings. The predicted octanol–water partition coefficient (Wildman–Crippen LogP) is 2.14. The quantitative estimate of drug-likeness (QED) is 0.772. The van der Waals surface area contributed by atoms with E-state index in [0.717, 1.165) is 0 Å². The van der Waals surface area contributed by atoms with Crippen LogP contribution in [0, 0.1) is 0 Å². The van der Waals surface area contributed by atoms with Crippen LogP contribution in [0.5, 0.6) is 11.5 Å². The molecule has 15 heavy (non-hydrogen) atoms. The highest BCUT2D eigenvalue weighted by Crippen LogP contribution is 2.41. The fraction of sp³-hybridized carbons (Fsp3) is 0.250. The highest BCUT2D eigenvalue weighted by molar-refractivity contribution is 8.13. The van der Waals surface area contributed by atoms with Gasteiger partial charge < -0.3 is 9.47 Å². The van der Waals surface area contributed by atoms with E-state index in [0.29, 0.717) is 17.1 Å². The number of hydrogen-bond acceptors (Lipinski definition) is 4. The molecule has 1 aliphatic rings. The Morgan fingerprint density at radius 3 is 2.73 bits per heavy atom. The molecule has 1 aromatic carbocycles. The zero-order valence-electron chi connectivity index (χ0n) is 7.37. The molecule has 7 heteroatoms. The molecular formula is C8H6Cl2O4S. The van der Waals surface area contributed by atoms with Gasteiger partial charge in [0.25, 0.3) is 0 Å². The van der Waals surface area contributed by atoms with Crippen molar-refractivity contribution >= 4 is 31.3 Å². The summed E-state index contributed by atoms with van der Waals surface area (Å²) in [6.07, 6.45) is 0. The van der Waals surface area contributed by atoms with Crippen LogP contribution >= 0.6 is 22.3 Å². The Labute approximate surface area is 96.1 Å². The minimum atomic E-state index is -3.63. The lowest BCUT2D eigenvalue weighted by Crippen LogP contribution is -1.96. The van der Waals surface area contributed by atoms with Crippen LogP contribution in [0.1, 0.15) is 5.56 Å². The molecule has 1 aliphatic heterocycles. The van der Waals surface area contributed by atoms with Crippen molar-refractivity contribution in [3.8, 4) is 11.5 Å². The van der Waals surface area contributed by atoms with Gasteiger partial charge >= 0.3 is 0 Å². The Balaban J connectivity index is 2.43. The summed E-state index contributed by atoms with van der Waals surface area (Å²) in [5, 5.41) is 0.231. The molecule has 0 amide bonds. The van der Waals surface area contributed by atoms with Gasteiger partial charge in [-0.1, -0.05) is 17.7 Å². The zero-order valence-corrected chi connectivity index (χ0v) is 9.69. The van der Waals surface area contributed by atoms with Gasteiger partial charge in [0, 0.05) is 10.7 Å². The molecule has 0 saturated heterocycles. The van der Waals surface area contributed by atoms with Crippen LogP contribution in [0.2, 0.25) is 5.02 Å². The van der Waals surface area contributed by atoms with Crippen molar-refractivity contribution in [2.45, 2.75) is 5.75 Å². The van der Waals surface area contributed by atoms with E-state index in [1.807, 2.05) is 0 Å². The summed E-state index contributed by atoms with van der Waals surface area (Å²) in [6.45, 7) is 0.0894. The highest BCUT2D eigenvalue weighted by Gasteiger charge is 2.21. The molecular weight excluding hydrogens is 263 g/mol. The molecule has 1 heterocycles. The SMILES string of the molecule is O=S(=O)(Cl)Cc1ccc2c(c1Cl)OCO2. The molecule has 0 bridgehead atoms. The summed E-state index contributed by atoms with van der Waals surface area (Å²) >= 11 is 5.93. The fourth-order valence-corrected chi connectivity index (χ4v) is 2.60. The smallest absolute Gasteiger partial charge is 0.236 e. The molecule has 0 aliphatic carbocycles. The average Bonchev–Trinajstić information content (AvgIpc) is 2.56. The Morgan fingerprint density at radius 1 is 1.33 bits per heavy atom. The summed E-state index contributed by atoms with van der Waals surface area (Å²) in [5.41, 5.74) is 0.399. The van der Waals surface area contributed by atoms with Gasteiger partial charge in [-0.2, -0.15) is 0 Å². The molecule has 2 rings (SSSR count). The molecule has 0 unspecified atom stereocenters. The van der Waals surface area contributed by atoms with Gasteiger partial charge in [-0.3, -0.25) is 0 Å². The fourth-order valence-electron chi connectivity index (χ4n) is 1.28. The third-order valence-electron chi connectivity index (χ3n) is 1.89. The Hall–Kier alpha value is -0.650. The number of hydrogen-bond donors (Lipinski definition) is 0. The van der Waals surface area contributed by atoms with Crippen LogP contribution in [-0.4, -0.2) is 15.2 Å². The van der Waals surface area contributed by atoms with Crippen molar-refractivity contribution in [2.24, 2.45) is 0 Å². The molecule has 0 aromatic heterocycles. The predicted molar refractivity (Wildman–Crippen MR) is 56.1 cm³/mol. The lowest BCUT2D eigenvalue weighted by molar-refractivity contribution is 0.174. The third kappa shape index (κ3) is 2.30. The largest absolute Gasteiger partial charge is 0.454 e. The van der Waals surface area contributed by atoms with E-state index in [1.165, 1.54) is 0 Å². The first-order valence-corrected chi connectivity index (χ1v) is 6.82. The van der Waals surface area contributed by atoms with Crippen LogP contribution in [0.4, 0.5) is 0 Å². The summed E-state index contributed by atoms with van der Waals surface area (Å²) < 4.78 is 31.9. The van der Waals surface area contributed by atoms with Crippen molar-refractivity contribution < 1.29 is 17.9 Å². The summed E-state index contributed by atoms with van der Waals surface area (Å²) in [5.74, 6) is 0.550. The highest BCUT2D eigenvalue weighted by atomic mass is 35.7. The second-order valence-electron chi connectivity index (χ2n) is 2.96. The zero-order chi connectivity index (χ0) is 11.1. The van der Waals surface area contributed by atoms with Gasteiger partial charge in [-0.25, -0.2) is 8.42 Å². The number of rotatable bonds is 2. The first-order chi connectivity index (χ1) is 6.97. The van der Waals surface area contributed by atoms with E-state index in [9.17, 15) is 8.42 Å². The lowest BCUT2D eigenvalue weighted by atomic mass is 10.2. The molecule has 82 valence electrons. The molecule has 1 aromatic rings. The normalized spacial score (nSPS) is 14.3. The van der Waals surface area contributed by atoms with E-state index in [-0.39, 0.29) is 17.6 Å². The first-order valence-electron chi connectivity index (χ1n) is 3.97. The van der Waals surface area contributed by atoms with E-state index < -0.39 is 9.05 Å². The average molecular weight is 269 g/mol. The third-order valence-corrected chi connectivity index (χ3v) is 3.28. The number of fused-ring (bicyclic) bond motifs is 1. The van der Waals surface area contributed by atoms with E-state index in [1.54, 1.807) is 12.1 Å². The van der Waals surface area contributed by atoms with Crippen molar-refractivity contribution in [1.29, 1.82) is 0 Å². The molecule has 4 nitrogen and oxygen atoms in total. The van der Waals surface area contributed by atoms with Crippen molar-refractivity contribution in [3.63, 3.8) is 0 Å². The van der Waals surface area contributed by atoms with Gasteiger partial charge in [0.1, 0.15) is 0 Å². The van der Waals surface area contributed by atoms with Gasteiger partial charge in [-0.05, 0) is 11.6 Å².